The summed E-state index contributed by atoms with van der Waals surface area (Å²) in [6.07, 6.45) is -3.51. The fourth-order valence-electron chi connectivity index (χ4n) is 3.45. The highest BCUT2D eigenvalue weighted by atomic mass is 19.4. The predicted molar refractivity (Wildman–Crippen MR) is 103 cm³/mol. The van der Waals surface area contributed by atoms with Gasteiger partial charge >= 0.3 is 6.18 Å². The van der Waals surface area contributed by atoms with Crippen molar-refractivity contribution in [2.75, 3.05) is 13.1 Å². The van der Waals surface area contributed by atoms with E-state index in [1.165, 1.54) is 12.1 Å². The molecule has 0 bridgehead atoms. The van der Waals surface area contributed by atoms with Gasteiger partial charge in [-0.05, 0) is 36.6 Å². The maximum absolute atomic E-state index is 12.7. The molecule has 1 heterocycles. The molecule has 1 fully saturated rings. The molecule has 154 valence electrons. The van der Waals surface area contributed by atoms with Gasteiger partial charge in [-0.15, -0.1) is 0 Å². The Labute approximate surface area is 167 Å². The smallest absolute Gasteiger partial charge is 0.349 e. The average molecular weight is 404 g/mol. The number of carbonyl (C=O) groups is 2. The van der Waals surface area contributed by atoms with Gasteiger partial charge in [0.05, 0.1) is 17.5 Å². The van der Waals surface area contributed by atoms with E-state index < -0.39 is 23.7 Å². The molecule has 29 heavy (non-hydrogen) atoms. The van der Waals surface area contributed by atoms with Crippen LogP contribution in [0.15, 0.2) is 54.6 Å². The zero-order valence-corrected chi connectivity index (χ0v) is 16.1. The van der Waals surface area contributed by atoms with Gasteiger partial charge < -0.3 is 10.2 Å². The second-order valence-electron chi connectivity index (χ2n) is 7.33. The van der Waals surface area contributed by atoms with Gasteiger partial charge in [0.1, 0.15) is 0 Å². The normalized spacial score (nSPS) is 18.0. The lowest BCUT2D eigenvalue weighted by molar-refractivity contribution is -0.137. The van der Waals surface area contributed by atoms with Crippen LogP contribution in [-0.4, -0.2) is 29.8 Å². The Balaban J connectivity index is 1.53. The van der Waals surface area contributed by atoms with Crippen LogP contribution < -0.4 is 5.32 Å². The summed E-state index contributed by atoms with van der Waals surface area (Å²) in [4.78, 5) is 26.5. The first-order valence-electron chi connectivity index (χ1n) is 9.53. The number of nitrogens with one attached hydrogen (secondary N) is 1. The van der Waals surface area contributed by atoms with Gasteiger partial charge in [0.15, 0.2) is 0 Å². The third-order valence-corrected chi connectivity index (χ3v) is 5.20. The molecule has 1 N–H and O–H groups in total. The maximum Gasteiger partial charge on any atom is 0.416 e. The Morgan fingerprint density at radius 3 is 2.41 bits per heavy atom. The number of alkyl halides is 3. The third-order valence-electron chi connectivity index (χ3n) is 5.20. The lowest BCUT2D eigenvalue weighted by Crippen LogP contribution is -2.35. The minimum Gasteiger partial charge on any atom is -0.349 e. The predicted octanol–water partition coefficient (Wildman–Crippen LogP) is 3.97. The molecular weight excluding hydrogens is 381 g/mol. The first-order chi connectivity index (χ1) is 13.7. The fraction of sp³-hybridized carbons (Fsp3) is 0.364. The number of benzene rings is 2. The fourth-order valence-corrected chi connectivity index (χ4v) is 3.45. The zero-order valence-electron chi connectivity index (χ0n) is 16.1. The van der Waals surface area contributed by atoms with Crippen molar-refractivity contribution in [1.82, 2.24) is 10.2 Å². The molecule has 0 spiro atoms. The highest BCUT2D eigenvalue weighted by Crippen LogP contribution is 2.30. The van der Waals surface area contributed by atoms with Crippen LogP contribution in [0, 0.1) is 5.92 Å². The molecule has 1 aliphatic rings. The molecular formula is C22H23F3N2O2. The third kappa shape index (κ3) is 5.37. The van der Waals surface area contributed by atoms with Gasteiger partial charge in [0, 0.05) is 19.5 Å². The first-order valence-corrected chi connectivity index (χ1v) is 9.53. The number of hydrogen-bond acceptors (Lipinski definition) is 2. The first kappa shape index (κ1) is 20.9. The van der Waals surface area contributed by atoms with Gasteiger partial charge in [-0.3, -0.25) is 9.59 Å². The van der Waals surface area contributed by atoms with Gasteiger partial charge in [-0.25, -0.2) is 0 Å². The molecule has 1 aliphatic heterocycles. The lowest BCUT2D eigenvalue weighted by atomic mass is 10.0. The molecule has 0 saturated carbocycles. The number of carbonyl (C=O) groups excluding carboxylic acids is 2. The van der Waals surface area contributed by atoms with Crippen molar-refractivity contribution in [3.8, 4) is 0 Å². The van der Waals surface area contributed by atoms with Crippen molar-refractivity contribution < 1.29 is 22.8 Å². The number of amides is 2. The molecule has 2 unspecified atom stereocenters. The molecule has 0 radical (unpaired) electrons. The molecule has 7 heteroatoms. The SMILES string of the molecule is CC(NC(=O)C1CC(=O)N(CCc2ccccc2)C1)c1ccc(C(F)(F)F)cc1. The number of halogens is 3. The van der Waals surface area contributed by atoms with E-state index >= 15 is 0 Å². The molecule has 0 aliphatic carbocycles. The zero-order chi connectivity index (χ0) is 21.0. The quantitative estimate of drug-likeness (QED) is 0.792. The van der Waals surface area contributed by atoms with Crippen molar-refractivity contribution in [2.24, 2.45) is 5.92 Å². The second kappa shape index (κ2) is 8.68. The van der Waals surface area contributed by atoms with E-state index in [9.17, 15) is 22.8 Å². The Morgan fingerprint density at radius 1 is 1.14 bits per heavy atom. The molecule has 0 aromatic heterocycles. The largest absolute Gasteiger partial charge is 0.416 e. The van der Waals surface area contributed by atoms with Gasteiger partial charge in [0.25, 0.3) is 0 Å². The lowest BCUT2D eigenvalue weighted by Gasteiger charge is -2.19. The van der Waals surface area contributed by atoms with Gasteiger partial charge in [0.2, 0.25) is 11.8 Å². The Hall–Kier alpha value is -2.83. The number of hydrogen-bond donors (Lipinski definition) is 1. The maximum atomic E-state index is 12.7. The summed E-state index contributed by atoms with van der Waals surface area (Å²) in [6, 6.07) is 14.1. The average Bonchev–Trinajstić information content (AvgIpc) is 3.07. The van der Waals surface area contributed by atoms with Crippen molar-refractivity contribution >= 4 is 11.8 Å². The van der Waals surface area contributed by atoms with Crippen molar-refractivity contribution in [3.05, 3.63) is 71.3 Å². The number of likely N-dealkylation sites (tertiary alicyclic amines) is 1. The van der Waals surface area contributed by atoms with Crippen molar-refractivity contribution in [3.63, 3.8) is 0 Å². The van der Waals surface area contributed by atoms with Crippen LogP contribution in [0.5, 0.6) is 0 Å². The molecule has 2 amide bonds. The van der Waals surface area contributed by atoms with E-state index in [1.54, 1.807) is 11.8 Å². The van der Waals surface area contributed by atoms with E-state index in [0.29, 0.717) is 18.7 Å². The molecule has 3 rings (SSSR count). The summed E-state index contributed by atoms with van der Waals surface area (Å²) in [5.74, 6) is -0.758. The van der Waals surface area contributed by atoms with Crippen LogP contribution in [0.2, 0.25) is 0 Å². The van der Waals surface area contributed by atoms with E-state index in [-0.39, 0.29) is 18.2 Å². The highest BCUT2D eigenvalue weighted by Gasteiger charge is 2.34. The monoisotopic (exact) mass is 404 g/mol. The van der Waals surface area contributed by atoms with Crippen molar-refractivity contribution in [1.29, 1.82) is 0 Å². The van der Waals surface area contributed by atoms with Gasteiger partial charge in [-0.1, -0.05) is 42.5 Å². The van der Waals surface area contributed by atoms with Gasteiger partial charge in [-0.2, -0.15) is 13.2 Å². The molecule has 2 aromatic carbocycles. The van der Waals surface area contributed by atoms with E-state index in [2.05, 4.69) is 5.32 Å². The van der Waals surface area contributed by atoms with Crippen LogP contribution in [0.3, 0.4) is 0 Å². The summed E-state index contributed by atoms with van der Waals surface area (Å²) < 4.78 is 38.0. The van der Waals surface area contributed by atoms with Crippen LogP contribution >= 0.6 is 0 Å². The summed E-state index contributed by atoms with van der Waals surface area (Å²) >= 11 is 0. The topological polar surface area (TPSA) is 49.4 Å². The summed E-state index contributed by atoms with van der Waals surface area (Å²) in [6.45, 7) is 2.63. The molecule has 2 aromatic rings. The Kier molecular flexibility index (Phi) is 6.25. The molecule has 1 saturated heterocycles. The summed E-state index contributed by atoms with van der Waals surface area (Å²) in [7, 11) is 0. The minimum atomic E-state index is -4.39. The van der Waals surface area contributed by atoms with Crippen LogP contribution in [0.1, 0.15) is 36.1 Å². The summed E-state index contributed by atoms with van der Waals surface area (Å²) in [5, 5.41) is 2.81. The molecule has 4 nitrogen and oxygen atoms in total. The Bertz CT molecular complexity index is 851. The standard InChI is InChI=1S/C22H23F3N2O2/c1-15(17-7-9-19(10-8-17)22(23,24)25)26-21(29)18-13-20(28)27(14-18)12-11-16-5-3-2-4-6-16/h2-10,15,18H,11-14H2,1H3,(H,26,29). The minimum absolute atomic E-state index is 0.0525. The second-order valence-corrected chi connectivity index (χ2v) is 7.33. The van der Waals surface area contributed by atoms with Crippen LogP contribution in [-0.2, 0) is 22.2 Å². The highest BCUT2D eigenvalue weighted by molar-refractivity contribution is 5.89. The number of nitrogens with zero attached hydrogens (tertiary/aromatic N) is 1. The van der Waals surface area contributed by atoms with Crippen LogP contribution in [0.25, 0.3) is 0 Å². The van der Waals surface area contributed by atoms with E-state index in [1.807, 2.05) is 30.3 Å². The van der Waals surface area contributed by atoms with Crippen LogP contribution in [0.4, 0.5) is 13.2 Å². The number of rotatable bonds is 6. The van der Waals surface area contributed by atoms with Crippen molar-refractivity contribution in [2.45, 2.75) is 32.0 Å². The summed E-state index contributed by atoms with van der Waals surface area (Å²) in [5.41, 5.74) is 0.982. The Morgan fingerprint density at radius 2 is 1.79 bits per heavy atom. The van der Waals surface area contributed by atoms with E-state index in [4.69, 9.17) is 0 Å². The van der Waals surface area contributed by atoms with E-state index in [0.717, 1.165) is 24.1 Å². The molecule has 2 atom stereocenters.